The molecule has 4 aromatic rings. The van der Waals surface area contributed by atoms with E-state index >= 15 is 0 Å². The molecule has 0 amide bonds. The highest BCUT2D eigenvalue weighted by molar-refractivity contribution is 7.07. The molecule has 0 saturated carbocycles. The van der Waals surface area contributed by atoms with E-state index in [9.17, 15) is 9.59 Å². The molecule has 0 spiro atoms. The highest BCUT2D eigenvalue weighted by Gasteiger charge is 2.33. The summed E-state index contributed by atoms with van der Waals surface area (Å²) in [5.41, 5.74) is 3.14. The van der Waals surface area contributed by atoms with Gasteiger partial charge in [-0.15, -0.1) is 0 Å². The monoisotopic (exact) mass is 592 g/mol. The van der Waals surface area contributed by atoms with Gasteiger partial charge in [-0.1, -0.05) is 83.1 Å². The molecule has 1 aliphatic heterocycles. The van der Waals surface area contributed by atoms with Crippen LogP contribution in [0.25, 0.3) is 6.08 Å². The van der Waals surface area contributed by atoms with Gasteiger partial charge in [0.25, 0.3) is 5.56 Å². The topological polar surface area (TPSA) is 69.9 Å². The van der Waals surface area contributed by atoms with E-state index in [1.54, 1.807) is 37.5 Å². The van der Waals surface area contributed by atoms with Crippen molar-refractivity contribution in [2.75, 3.05) is 0 Å². The molecule has 40 heavy (non-hydrogen) atoms. The lowest BCUT2D eigenvalue weighted by Gasteiger charge is -2.25. The third-order valence-electron chi connectivity index (χ3n) is 6.29. The molecule has 1 aliphatic rings. The Balaban J connectivity index is 1.47. The number of esters is 1. The van der Waals surface area contributed by atoms with Crippen LogP contribution in [0, 0.1) is 0 Å². The summed E-state index contributed by atoms with van der Waals surface area (Å²) >= 11 is 13.5. The van der Waals surface area contributed by atoms with Gasteiger partial charge < -0.3 is 9.47 Å². The lowest BCUT2D eigenvalue weighted by atomic mass is 9.96. The van der Waals surface area contributed by atoms with E-state index in [0.29, 0.717) is 43.0 Å². The number of allylic oxidation sites excluding steroid dienone is 1. The van der Waals surface area contributed by atoms with E-state index in [-0.39, 0.29) is 11.7 Å². The molecule has 0 bridgehead atoms. The van der Waals surface area contributed by atoms with Crippen molar-refractivity contribution in [3.05, 3.63) is 130 Å². The molecule has 1 atom stereocenters. The summed E-state index contributed by atoms with van der Waals surface area (Å²) in [5, 5.41) is 1.12. The number of carbonyl (C=O) groups excluding carboxylic acids is 1. The average molecular weight is 594 g/mol. The van der Waals surface area contributed by atoms with Crippen LogP contribution in [0.1, 0.15) is 43.5 Å². The van der Waals surface area contributed by atoms with Gasteiger partial charge in [0.15, 0.2) is 4.80 Å². The zero-order chi connectivity index (χ0) is 28.4. The van der Waals surface area contributed by atoms with Gasteiger partial charge in [0, 0.05) is 15.6 Å². The predicted molar refractivity (Wildman–Crippen MR) is 159 cm³/mol. The first kappa shape index (κ1) is 27.9. The number of benzene rings is 3. The zero-order valence-electron chi connectivity index (χ0n) is 22.1. The number of hydrogen-bond acceptors (Lipinski definition) is 6. The van der Waals surface area contributed by atoms with E-state index < -0.39 is 12.0 Å². The van der Waals surface area contributed by atoms with E-state index in [0.717, 1.165) is 16.7 Å². The fraction of sp³-hybridized carbons (Fsp3) is 0.194. The van der Waals surface area contributed by atoms with Gasteiger partial charge in [0.2, 0.25) is 0 Å². The van der Waals surface area contributed by atoms with Gasteiger partial charge in [-0.05, 0) is 62.2 Å². The van der Waals surface area contributed by atoms with E-state index in [1.165, 1.54) is 11.3 Å². The van der Waals surface area contributed by atoms with Crippen molar-refractivity contribution in [2.45, 2.75) is 39.5 Å². The van der Waals surface area contributed by atoms with Crippen molar-refractivity contribution >= 4 is 46.6 Å². The van der Waals surface area contributed by atoms with E-state index in [4.69, 9.17) is 32.7 Å². The zero-order valence-corrected chi connectivity index (χ0v) is 24.4. The molecule has 6 nitrogen and oxygen atoms in total. The average Bonchev–Trinajstić information content (AvgIpc) is 3.22. The van der Waals surface area contributed by atoms with Crippen LogP contribution < -0.4 is 19.6 Å². The maximum Gasteiger partial charge on any atom is 0.338 e. The Morgan fingerprint density at radius 2 is 1.80 bits per heavy atom. The molecule has 0 fully saturated rings. The van der Waals surface area contributed by atoms with Gasteiger partial charge in [0.05, 0.1) is 27.9 Å². The normalized spacial score (nSPS) is 15.2. The molecular weight excluding hydrogens is 567 g/mol. The number of thiazole rings is 1. The quantitative estimate of drug-likeness (QED) is 0.244. The first-order valence-corrected chi connectivity index (χ1v) is 14.2. The number of ether oxygens (including phenoxy) is 2. The molecular formula is C31H26Cl2N2O4S. The fourth-order valence-electron chi connectivity index (χ4n) is 4.42. The Hall–Kier alpha value is -3.65. The van der Waals surface area contributed by atoms with Gasteiger partial charge in [-0.25, -0.2) is 9.79 Å². The SMILES string of the molecule is CC1=C(C(=O)OC(C)C)C(c2ccccc2)n2c(sc(=Cc3ccc(OCc4ccc(Cl)cc4Cl)cc3)c2=O)=N1. The second kappa shape index (κ2) is 11.8. The summed E-state index contributed by atoms with van der Waals surface area (Å²) in [5.74, 6) is 0.187. The summed E-state index contributed by atoms with van der Waals surface area (Å²) in [6.07, 6.45) is 1.51. The third kappa shape index (κ3) is 5.92. The second-order valence-corrected chi connectivity index (χ2v) is 11.4. The minimum atomic E-state index is -0.638. The Morgan fingerprint density at radius 3 is 2.48 bits per heavy atom. The molecule has 5 rings (SSSR count). The van der Waals surface area contributed by atoms with Gasteiger partial charge >= 0.3 is 5.97 Å². The fourth-order valence-corrected chi connectivity index (χ4v) is 5.93. The number of hydrogen-bond donors (Lipinski definition) is 0. The maximum absolute atomic E-state index is 13.7. The number of aromatic nitrogens is 1. The highest BCUT2D eigenvalue weighted by Crippen LogP contribution is 2.31. The summed E-state index contributed by atoms with van der Waals surface area (Å²) in [4.78, 5) is 32.1. The Kier molecular flexibility index (Phi) is 8.26. The van der Waals surface area contributed by atoms with Crippen molar-refractivity contribution in [3.8, 4) is 5.75 Å². The predicted octanol–water partition coefficient (Wildman–Crippen LogP) is 6.07. The van der Waals surface area contributed by atoms with Crippen LogP contribution in [0.15, 0.2) is 93.9 Å². The van der Waals surface area contributed by atoms with E-state index in [1.807, 2.05) is 66.7 Å². The molecule has 2 heterocycles. The largest absolute Gasteiger partial charge is 0.489 e. The molecule has 3 aromatic carbocycles. The van der Waals surface area contributed by atoms with Crippen molar-refractivity contribution in [3.63, 3.8) is 0 Å². The van der Waals surface area contributed by atoms with Crippen molar-refractivity contribution in [1.29, 1.82) is 0 Å². The first-order chi connectivity index (χ1) is 19.2. The minimum absolute atomic E-state index is 0.224. The Morgan fingerprint density at radius 1 is 1.07 bits per heavy atom. The Bertz CT molecular complexity index is 1770. The summed E-state index contributed by atoms with van der Waals surface area (Å²) in [6, 6.07) is 21.5. The third-order valence-corrected chi connectivity index (χ3v) is 7.86. The number of halogens is 2. The van der Waals surface area contributed by atoms with Gasteiger partial charge in [-0.3, -0.25) is 9.36 Å². The minimum Gasteiger partial charge on any atom is -0.489 e. The highest BCUT2D eigenvalue weighted by atomic mass is 35.5. The van der Waals surface area contributed by atoms with Crippen LogP contribution in [-0.2, 0) is 16.1 Å². The first-order valence-electron chi connectivity index (χ1n) is 12.7. The standard InChI is InChI=1S/C31H26Cl2N2O4S/c1-18(2)39-30(37)27-19(3)34-31-35(28(27)21-7-5-4-6-8-21)29(36)26(40-31)15-20-9-13-24(14-10-20)38-17-22-11-12-23(32)16-25(22)33/h4-16,18,28H,17H2,1-3H3. The maximum atomic E-state index is 13.7. The molecule has 0 N–H and O–H groups in total. The van der Waals surface area contributed by atoms with Crippen molar-refractivity contribution in [2.24, 2.45) is 4.99 Å². The molecule has 1 unspecified atom stereocenters. The van der Waals surface area contributed by atoms with Crippen LogP contribution in [0.3, 0.4) is 0 Å². The molecule has 0 radical (unpaired) electrons. The van der Waals surface area contributed by atoms with Crippen LogP contribution in [0.4, 0.5) is 0 Å². The molecule has 204 valence electrons. The Labute approximate surface area is 245 Å². The van der Waals surface area contributed by atoms with Gasteiger partial charge in [-0.2, -0.15) is 0 Å². The summed E-state index contributed by atoms with van der Waals surface area (Å²) in [6.45, 7) is 5.67. The molecule has 1 aromatic heterocycles. The molecule has 0 aliphatic carbocycles. The number of carbonyl (C=O) groups is 1. The lowest BCUT2D eigenvalue weighted by Crippen LogP contribution is -2.40. The van der Waals surface area contributed by atoms with Crippen LogP contribution in [0.5, 0.6) is 5.75 Å². The van der Waals surface area contributed by atoms with Crippen molar-refractivity contribution in [1.82, 2.24) is 4.57 Å². The van der Waals surface area contributed by atoms with Crippen LogP contribution >= 0.6 is 34.5 Å². The van der Waals surface area contributed by atoms with Gasteiger partial charge in [0.1, 0.15) is 12.4 Å². The number of rotatable bonds is 7. The van der Waals surface area contributed by atoms with Crippen molar-refractivity contribution < 1.29 is 14.3 Å². The molecule has 0 saturated heterocycles. The summed E-state index contributed by atoms with van der Waals surface area (Å²) < 4.78 is 13.5. The smallest absolute Gasteiger partial charge is 0.338 e. The number of nitrogens with zero attached hydrogens (tertiary/aromatic N) is 2. The summed E-state index contributed by atoms with van der Waals surface area (Å²) in [7, 11) is 0. The van der Waals surface area contributed by atoms with Crippen LogP contribution in [0.2, 0.25) is 10.0 Å². The molecule has 9 heteroatoms. The van der Waals surface area contributed by atoms with Crippen LogP contribution in [-0.4, -0.2) is 16.6 Å². The lowest BCUT2D eigenvalue weighted by molar-refractivity contribution is -0.143. The second-order valence-electron chi connectivity index (χ2n) is 9.54. The number of fused-ring (bicyclic) bond motifs is 1. The van der Waals surface area contributed by atoms with E-state index in [2.05, 4.69) is 4.99 Å².